The van der Waals surface area contributed by atoms with E-state index >= 15 is 0 Å². The lowest BCUT2D eigenvalue weighted by atomic mass is 10.1. The molecule has 2 rings (SSSR count). The number of sulfonamides is 1. The van der Waals surface area contributed by atoms with Crippen molar-refractivity contribution in [1.29, 1.82) is 5.26 Å². The highest BCUT2D eigenvalue weighted by molar-refractivity contribution is 7.98. The van der Waals surface area contributed by atoms with E-state index in [0.717, 1.165) is 0 Å². The number of aromatic nitrogens is 1. The summed E-state index contributed by atoms with van der Waals surface area (Å²) >= 11 is 1.30. The molecule has 25 heavy (non-hydrogen) atoms. The van der Waals surface area contributed by atoms with Gasteiger partial charge in [-0.15, -0.1) is 11.8 Å². The first-order valence-electron chi connectivity index (χ1n) is 7.69. The number of benzene rings is 1. The highest BCUT2D eigenvalue weighted by Gasteiger charge is 2.21. The van der Waals surface area contributed by atoms with Crippen LogP contribution in [-0.2, 0) is 15.8 Å². The van der Waals surface area contributed by atoms with Gasteiger partial charge in [-0.2, -0.15) is 9.57 Å². The Balaban J connectivity index is 2.10. The van der Waals surface area contributed by atoms with Crippen LogP contribution in [0.3, 0.4) is 0 Å². The van der Waals surface area contributed by atoms with Gasteiger partial charge in [-0.25, -0.2) is 17.8 Å². The summed E-state index contributed by atoms with van der Waals surface area (Å²) in [6.45, 7) is 4.36. The molecule has 0 bridgehead atoms. The normalized spacial score (nSPS) is 11.5. The van der Waals surface area contributed by atoms with Crippen LogP contribution < -0.4 is 0 Å². The molecule has 0 N–H and O–H groups in total. The molecular weight excluding hydrogens is 361 g/mol. The van der Waals surface area contributed by atoms with Gasteiger partial charge >= 0.3 is 0 Å². The second-order valence-corrected chi connectivity index (χ2v) is 8.06. The molecule has 0 saturated heterocycles. The fourth-order valence-electron chi connectivity index (χ4n) is 2.20. The number of thioether (sulfide) groups is 1. The van der Waals surface area contributed by atoms with Crippen LogP contribution in [0.2, 0.25) is 0 Å². The van der Waals surface area contributed by atoms with E-state index in [0.29, 0.717) is 29.4 Å². The molecule has 1 aromatic heterocycles. The summed E-state index contributed by atoms with van der Waals surface area (Å²) in [6.07, 6.45) is 1.32. The molecule has 0 atom stereocenters. The largest absolute Gasteiger partial charge is 0.249 e. The quantitative estimate of drug-likeness (QED) is 0.689. The van der Waals surface area contributed by atoms with Gasteiger partial charge in [0.2, 0.25) is 10.0 Å². The van der Waals surface area contributed by atoms with E-state index in [9.17, 15) is 12.8 Å². The van der Waals surface area contributed by atoms with Gasteiger partial charge in [-0.05, 0) is 29.8 Å². The number of hydrogen-bond acceptors (Lipinski definition) is 5. The van der Waals surface area contributed by atoms with Gasteiger partial charge in [0.1, 0.15) is 10.7 Å². The van der Waals surface area contributed by atoms with Crippen molar-refractivity contribution in [3.05, 3.63) is 53.5 Å². The summed E-state index contributed by atoms with van der Waals surface area (Å²) in [6, 6.07) is 9.34. The van der Waals surface area contributed by atoms with Crippen LogP contribution in [0.5, 0.6) is 0 Å². The fraction of sp³-hybridized carbons (Fsp3) is 0.294. The van der Waals surface area contributed by atoms with Gasteiger partial charge in [0.15, 0.2) is 0 Å². The van der Waals surface area contributed by atoms with Gasteiger partial charge in [0.05, 0.1) is 16.7 Å². The van der Waals surface area contributed by atoms with Crippen LogP contribution in [0.4, 0.5) is 4.39 Å². The molecule has 132 valence electrons. The van der Waals surface area contributed by atoms with E-state index < -0.39 is 15.8 Å². The maximum atomic E-state index is 13.9. The van der Waals surface area contributed by atoms with Crippen molar-refractivity contribution >= 4 is 21.8 Å². The summed E-state index contributed by atoms with van der Waals surface area (Å²) in [5.41, 5.74) is 0.737. The van der Waals surface area contributed by atoms with Crippen molar-refractivity contribution < 1.29 is 12.8 Å². The Morgan fingerprint density at radius 3 is 2.48 bits per heavy atom. The Morgan fingerprint density at radius 2 is 1.96 bits per heavy atom. The monoisotopic (exact) mass is 379 g/mol. The van der Waals surface area contributed by atoms with Crippen LogP contribution in [0, 0.1) is 17.1 Å². The molecule has 0 saturated carbocycles. The Labute approximate surface area is 151 Å². The number of rotatable bonds is 7. The predicted molar refractivity (Wildman–Crippen MR) is 95.0 cm³/mol. The minimum absolute atomic E-state index is 0.144. The number of nitrogens with zero attached hydrogens (tertiary/aromatic N) is 3. The molecule has 0 radical (unpaired) electrons. The van der Waals surface area contributed by atoms with Gasteiger partial charge in [-0.3, -0.25) is 0 Å². The number of pyridine rings is 1. The van der Waals surface area contributed by atoms with Crippen molar-refractivity contribution in [3.63, 3.8) is 0 Å². The molecule has 0 spiro atoms. The van der Waals surface area contributed by atoms with Gasteiger partial charge in [-0.1, -0.05) is 19.9 Å². The molecule has 0 unspecified atom stereocenters. The molecular formula is C17H18FN3O2S2. The van der Waals surface area contributed by atoms with Crippen molar-refractivity contribution in [3.8, 4) is 6.07 Å². The summed E-state index contributed by atoms with van der Waals surface area (Å²) in [5, 5.41) is 9.34. The molecule has 1 heterocycles. The third-order valence-corrected chi connectivity index (χ3v) is 6.64. The molecule has 0 fully saturated rings. The molecule has 0 aliphatic heterocycles. The van der Waals surface area contributed by atoms with Crippen LogP contribution >= 0.6 is 11.8 Å². The molecule has 5 nitrogen and oxygen atoms in total. The third-order valence-electron chi connectivity index (χ3n) is 3.61. The average molecular weight is 379 g/mol. The minimum Gasteiger partial charge on any atom is -0.249 e. The predicted octanol–water partition coefficient (Wildman–Crippen LogP) is 3.42. The third kappa shape index (κ3) is 4.57. The summed E-state index contributed by atoms with van der Waals surface area (Å²) < 4.78 is 40.0. The molecule has 0 aliphatic carbocycles. The SMILES string of the molecule is CCN(CC)S(=O)(=O)c1ccc(SCc2ccc(C#N)cc2F)nc1. The number of halogens is 1. The van der Waals surface area contributed by atoms with Gasteiger partial charge < -0.3 is 0 Å². The Morgan fingerprint density at radius 1 is 1.24 bits per heavy atom. The summed E-state index contributed by atoms with van der Waals surface area (Å²) in [7, 11) is -3.53. The van der Waals surface area contributed by atoms with E-state index in [2.05, 4.69) is 4.98 Å². The maximum Gasteiger partial charge on any atom is 0.244 e. The van der Waals surface area contributed by atoms with Crippen LogP contribution in [0.15, 0.2) is 46.5 Å². The zero-order valence-corrected chi connectivity index (χ0v) is 15.6. The van der Waals surface area contributed by atoms with Gasteiger partial charge in [0, 0.05) is 25.0 Å². The Hall–Kier alpha value is -1.95. The van der Waals surface area contributed by atoms with E-state index in [1.54, 1.807) is 32.0 Å². The number of nitriles is 1. The zero-order valence-electron chi connectivity index (χ0n) is 13.9. The van der Waals surface area contributed by atoms with Crippen molar-refractivity contribution in [1.82, 2.24) is 9.29 Å². The molecule has 0 amide bonds. The van der Waals surface area contributed by atoms with E-state index in [1.807, 2.05) is 6.07 Å². The zero-order chi connectivity index (χ0) is 18.4. The van der Waals surface area contributed by atoms with E-state index in [1.165, 1.54) is 34.4 Å². The standard InChI is InChI=1S/C17H18FN3O2S2/c1-3-21(4-2)25(22,23)15-7-8-17(20-11-15)24-12-14-6-5-13(10-19)9-16(14)18/h5-9,11H,3-4,12H2,1-2H3. The molecule has 0 aliphatic rings. The van der Waals surface area contributed by atoms with Crippen LogP contribution in [0.25, 0.3) is 0 Å². The Kier molecular flexibility index (Phi) is 6.53. The molecule has 1 aromatic carbocycles. The van der Waals surface area contributed by atoms with Gasteiger partial charge in [0.25, 0.3) is 0 Å². The summed E-state index contributed by atoms with van der Waals surface area (Å²) in [5.74, 6) is -0.0977. The second-order valence-electron chi connectivity index (χ2n) is 5.13. The lowest BCUT2D eigenvalue weighted by Crippen LogP contribution is -2.30. The fourth-order valence-corrected chi connectivity index (χ4v) is 4.44. The topological polar surface area (TPSA) is 74.1 Å². The maximum absolute atomic E-state index is 13.9. The van der Waals surface area contributed by atoms with Crippen LogP contribution in [0.1, 0.15) is 25.0 Å². The van der Waals surface area contributed by atoms with E-state index in [-0.39, 0.29) is 10.5 Å². The molecule has 2 aromatic rings. The number of hydrogen-bond donors (Lipinski definition) is 0. The highest BCUT2D eigenvalue weighted by Crippen LogP contribution is 2.24. The van der Waals surface area contributed by atoms with Crippen molar-refractivity contribution in [2.24, 2.45) is 0 Å². The van der Waals surface area contributed by atoms with Crippen LogP contribution in [-0.4, -0.2) is 30.8 Å². The van der Waals surface area contributed by atoms with Crippen molar-refractivity contribution in [2.75, 3.05) is 13.1 Å². The first kappa shape index (κ1) is 19.4. The Bertz CT molecular complexity index is 874. The first-order valence-corrected chi connectivity index (χ1v) is 10.1. The van der Waals surface area contributed by atoms with E-state index in [4.69, 9.17) is 5.26 Å². The summed E-state index contributed by atoms with van der Waals surface area (Å²) in [4.78, 5) is 4.30. The average Bonchev–Trinajstić information content (AvgIpc) is 2.61. The lowest BCUT2D eigenvalue weighted by Gasteiger charge is -2.18. The second kappa shape index (κ2) is 8.43. The van der Waals surface area contributed by atoms with Crippen molar-refractivity contribution in [2.45, 2.75) is 29.5 Å². The smallest absolute Gasteiger partial charge is 0.244 e. The first-order chi connectivity index (χ1) is 11.9. The highest BCUT2D eigenvalue weighted by atomic mass is 32.2. The lowest BCUT2D eigenvalue weighted by molar-refractivity contribution is 0.445. The molecule has 8 heteroatoms. The minimum atomic E-state index is -3.53.